The van der Waals surface area contributed by atoms with Gasteiger partial charge in [-0.25, -0.2) is 0 Å². The lowest BCUT2D eigenvalue weighted by Gasteiger charge is -2.36. The fourth-order valence-corrected chi connectivity index (χ4v) is 4.89. The van der Waals surface area contributed by atoms with E-state index in [-0.39, 0.29) is 5.41 Å². The van der Waals surface area contributed by atoms with Crippen molar-refractivity contribution in [3.63, 3.8) is 0 Å². The van der Waals surface area contributed by atoms with Gasteiger partial charge >= 0.3 is 0 Å². The molecule has 0 atom stereocenters. The lowest BCUT2D eigenvalue weighted by molar-refractivity contribution is 0.503. The molecule has 0 aliphatic rings. The molecule has 0 saturated heterocycles. The van der Waals surface area contributed by atoms with Crippen LogP contribution in [-0.2, 0) is 5.41 Å². The molecule has 0 bridgehead atoms. The zero-order valence-corrected chi connectivity index (χ0v) is 19.9. The van der Waals surface area contributed by atoms with E-state index in [1.807, 2.05) is 0 Å². The zero-order valence-electron chi connectivity index (χ0n) is 19.9. The van der Waals surface area contributed by atoms with E-state index in [2.05, 4.69) is 103 Å². The molecule has 0 heterocycles. The highest BCUT2D eigenvalue weighted by molar-refractivity contribution is 5.50. The molecule has 0 spiro atoms. The van der Waals surface area contributed by atoms with Crippen molar-refractivity contribution in [1.29, 1.82) is 0 Å². The Morgan fingerprint density at radius 2 is 0.906 bits per heavy atom. The molecule has 32 heavy (non-hydrogen) atoms. The van der Waals surface area contributed by atoms with Crippen LogP contribution in [0.4, 0.5) is 0 Å². The summed E-state index contributed by atoms with van der Waals surface area (Å²) < 4.78 is 0. The van der Waals surface area contributed by atoms with E-state index >= 15 is 0 Å². The Kier molecular flexibility index (Phi) is 10.5. The highest BCUT2D eigenvalue weighted by Gasteiger charge is 2.35. The van der Waals surface area contributed by atoms with Crippen LogP contribution in [0.2, 0.25) is 0 Å². The van der Waals surface area contributed by atoms with Crippen LogP contribution in [-0.4, -0.2) is 13.1 Å². The first-order valence-corrected chi connectivity index (χ1v) is 12.7. The maximum absolute atomic E-state index is 3.76. The average molecular weight is 428 g/mol. The fraction of sp³-hybridized carbons (Fsp3) is 0.419. The number of hydrogen-bond donors (Lipinski definition) is 1. The van der Waals surface area contributed by atoms with Gasteiger partial charge in [-0.1, -0.05) is 143 Å². The van der Waals surface area contributed by atoms with Crippen molar-refractivity contribution in [3.8, 4) is 0 Å². The van der Waals surface area contributed by atoms with Gasteiger partial charge in [0.05, 0.1) is 0 Å². The summed E-state index contributed by atoms with van der Waals surface area (Å²) in [5.74, 6) is 0. The van der Waals surface area contributed by atoms with E-state index in [1.54, 1.807) is 0 Å². The average Bonchev–Trinajstić information content (AvgIpc) is 2.87. The van der Waals surface area contributed by atoms with Crippen molar-refractivity contribution in [3.05, 3.63) is 108 Å². The van der Waals surface area contributed by atoms with E-state index in [1.165, 1.54) is 68.1 Å². The molecular formula is C31H41N. The van der Waals surface area contributed by atoms with Crippen molar-refractivity contribution in [1.82, 2.24) is 5.32 Å². The van der Waals surface area contributed by atoms with Gasteiger partial charge < -0.3 is 5.32 Å². The predicted molar refractivity (Wildman–Crippen MR) is 139 cm³/mol. The fourth-order valence-electron chi connectivity index (χ4n) is 4.89. The normalized spacial score (nSPS) is 11.5. The molecule has 1 nitrogen and oxygen atoms in total. The van der Waals surface area contributed by atoms with Crippen LogP contribution in [0.3, 0.4) is 0 Å². The van der Waals surface area contributed by atoms with Crippen LogP contribution in [0.15, 0.2) is 91.0 Å². The Morgan fingerprint density at radius 1 is 0.500 bits per heavy atom. The quantitative estimate of drug-likeness (QED) is 0.191. The predicted octanol–water partition coefficient (Wildman–Crippen LogP) is 8.14. The van der Waals surface area contributed by atoms with Gasteiger partial charge in [-0.15, -0.1) is 0 Å². The Hall–Kier alpha value is -2.38. The second-order valence-electron chi connectivity index (χ2n) is 8.98. The molecule has 3 rings (SSSR count). The van der Waals surface area contributed by atoms with Crippen molar-refractivity contribution < 1.29 is 0 Å². The summed E-state index contributed by atoms with van der Waals surface area (Å²) in [6, 6.07) is 33.1. The molecule has 0 unspecified atom stereocenters. The summed E-state index contributed by atoms with van der Waals surface area (Å²) in [5.41, 5.74) is 3.96. The monoisotopic (exact) mass is 427 g/mol. The molecule has 0 aliphatic carbocycles. The van der Waals surface area contributed by atoms with Crippen molar-refractivity contribution >= 4 is 0 Å². The lowest BCUT2D eigenvalue weighted by atomic mass is 9.67. The first-order chi connectivity index (χ1) is 15.9. The minimum atomic E-state index is -0.143. The van der Waals surface area contributed by atoms with Crippen LogP contribution in [0, 0.1) is 0 Å². The first kappa shape index (κ1) is 24.3. The summed E-state index contributed by atoms with van der Waals surface area (Å²) in [4.78, 5) is 0. The van der Waals surface area contributed by atoms with Gasteiger partial charge in [-0.3, -0.25) is 0 Å². The number of unbranched alkanes of at least 4 members (excludes halogenated alkanes) is 7. The van der Waals surface area contributed by atoms with Gasteiger partial charge in [0.1, 0.15) is 0 Å². The molecule has 0 aromatic heterocycles. The molecule has 1 heteroatoms. The second-order valence-corrected chi connectivity index (χ2v) is 8.98. The second kappa shape index (κ2) is 13.9. The van der Waals surface area contributed by atoms with Crippen molar-refractivity contribution in [2.24, 2.45) is 0 Å². The number of benzene rings is 3. The largest absolute Gasteiger partial charge is 0.317 e. The van der Waals surface area contributed by atoms with Crippen LogP contribution < -0.4 is 5.32 Å². The minimum Gasteiger partial charge on any atom is -0.317 e. The molecule has 0 radical (unpaired) electrons. The first-order valence-electron chi connectivity index (χ1n) is 12.7. The Balaban J connectivity index is 1.64. The van der Waals surface area contributed by atoms with Crippen LogP contribution in [0.1, 0.15) is 81.4 Å². The Labute approximate surface area is 196 Å². The minimum absolute atomic E-state index is 0.143. The molecule has 3 aromatic rings. The molecular weight excluding hydrogens is 386 g/mol. The smallest absolute Gasteiger partial charge is 0.0463 e. The summed E-state index contributed by atoms with van der Waals surface area (Å²) in [6.07, 6.45) is 12.0. The highest BCUT2D eigenvalue weighted by atomic mass is 14.8. The van der Waals surface area contributed by atoms with Gasteiger partial charge in [-0.05, 0) is 42.6 Å². The van der Waals surface area contributed by atoms with E-state index in [0.717, 1.165) is 19.5 Å². The van der Waals surface area contributed by atoms with E-state index in [0.29, 0.717) is 0 Å². The van der Waals surface area contributed by atoms with Crippen LogP contribution >= 0.6 is 0 Å². The number of hydrogen-bond acceptors (Lipinski definition) is 1. The summed E-state index contributed by atoms with van der Waals surface area (Å²) in [6.45, 7) is 4.41. The highest BCUT2D eigenvalue weighted by Crippen LogP contribution is 2.41. The van der Waals surface area contributed by atoms with E-state index < -0.39 is 0 Å². The topological polar surface area (TPSA) is 12.0 Å². The molecule has 170 valence electrons. The van der Waals surface area contributed by atoms with Crippen LogP contribution in [0.25, 0.3) is 0 Å². The lowest BCUT2D eigenvalue weighted by Crippen LogP contribution is -2.34. The molecule has 0 amide bonds. The summed E-state index contributed by atoms with van der Waals surface area (Å²) in [7, 11) is 0. The number of rotatable bonds is 15. The van der Waals surface area contributed by atoms with Gasteiger partial charge in [0.2, 0.25) is 0 Å². The molecule has 0 saturated carbocycles. The van der Waals surface area contributed by atoms with E-state index in [9.17, 15) is 0 Å². The van der Waals surface area contributed by atoms with Gasteiger partial charge in [0, 0.05) is 5.41 Å². The zero-order chi connectivity index (χ0) is 22.3. The number of nitrogens with one attached hydrogen (secondary N) is 1. The standard InChI is InChI=1S/C31H41N/c1-2-3-4-5-6-7-8-18-26-32-27-25-31(28-19-12-9-13-20-28,29-21-14-10-15-22-29)30-23-16-11-17-24-30/h9-17,19-24,32H,2-8,18,25-27H2,1H3. The van der Waals surface area contributed by atoms with Gasteiger partial charge in [0.25, 0.3) is 0 Å². The van der Waals surface area contributed by atoms with Gasteiger partial charge in [0.15, 0.2) is 0 Å². The summed E-state index contributed by atoms with van der Waals surface area (Å²) >= 11 is 0. The Bertz CT molecular complexity index is 745. The third-order valence-corrected chi connectivity index (χ3v) is 6.68. The van der Waals surface area contributed by atoms with Crippen LogP contribution in [0.5, 0.6) is 0 Å². The maximum atomic E-state index is 3.76. The van der Waals surface area contributed by atoms with Gasteiger partial charge in [-0.2, -0.15) is 0 Å². The Morgan fingerprint density at radius 3 is 1.34 bits per heavy atom. The summed E-state index contributed by atoms with van der Waals surface area (Å²) in [5, 5.41) is 3.76. The maximum Gasteiger partial charge on any atom is 0.0463 e. The molecule has 1 N–H and O–H groups in total. The van der Waals surface area contributed by atoms with Crippen molar-refractivity contribution in [2.45, 2.75) is 70.1 Å². The molecule has 3 aromatic carbocycles. The van der Waals surface area contributed by atoms with E-state index in [4.69, 9.17) is 0 Å². The molecule has 0 aliphatic heterocycles. The third kappa shape index (κ3) is 6.81. The molecule has 0 fully saturated rings. The SMILES string of the molecule is CCCCCCCCCCNCCC(c1ccccc1)(c1ccccc1)c1ccccc1. The van der Waals surface area contributed by atoms with Crippen molar-refractivity contribution in [2.75, 3.05) is 13.1 Å². The third-order valence-electron chi connectivity index (χ3n) is 6.68.